The number of amides is 1. The maximum absolute atomic E-state index is 14.1. The fraction of sp³-hybridized carbons (Fsp3) is 0.269. The van der Waals surface area contributed by atoms with E-state index >= 15 is 0 Å². The molecule has 7 heterocycles. The van der Waals surface area contributed by atoms with E-state index in [1.165, 1.54) is 0 Å². The number of aryl methyl sites for hydroxylation is 1. The van der Waals surface area contributed by atoms with E-state index in [-0.39, 0.29) is 22.5 Å². The minimum Gasteiger partial charge on any atom is -0.352 e. The van der Waals surface area contributed by atoms with Gasteiger partial charge in [-0.15, -0.1) is 0 Å². The molecule has 0 radical (unpaired) electrons. The van der Waals surface area contributed by atoms with Crippen molar-refractivity contribution in [2.24, 2.45) is 0 Å². The van der Waals surface area contributed by atoms with Crippen LogP contribution >= 0.6 is 11.6 Å². The molecule has 186 valence electrons. The van der Waals surface area contributed by atoms with Gasteiger partial charge < -0.3 is 20.4 Å². The zero-order valence-corrected chi connectivity index (χ0v) is 21.0. The maximum atomic E-state index is 14.1. The van der Waals surface area contributed by atoms with Gasteiger partial charge in [0.1, 0.15) is 23.0 Å². The van der Waals surface area contributed by atoms with E-state index in [0.717, 1.165) is 24.1 Å². The first kappa shape index (κ1) is 22.1. The summed E-state index contributed by atoms with van der Waals surface area (Å²) in [5, 5.41) is 7.00. The number of benzene rings is 2. The van der Waals surface area contributed by atoms with Crippen LogP contribution in [-0.2, 0) is 0 Å². The van der Waals surface area contributed by atoms with Crippen molar-refractivity contribution in [3.63, 3.8) is 0 Å². The van der Waals surface area contributed by atoms with Crippen LogP contribution in [0.15, 0.2) is 41.2 Å². The zero-order chi connectivity index (χ0) is 25.4. The highest BCUT2D eigenvalue weighted by Crippen LogP contribution is 2.42. The molecule has 2 aromatic heterocycles. The summed E-state index contributed by atoms with van der Waals surface area (Å²) in [6.07, 6.45) is 1.60. The van der Waals surface area contributed by atoms with Crippen LogP contribution in [0.4, 0.5) is 23.3 Å². The van der Waals surface area contributed by atoms with Gasteiger partial charge in [0.25, 0.3) is 11.5 Å². The number of hydrogen-bond donors (Lipinski definition) is 2. The van der Waals surface area contributed by atoms with E-state index in [9.17, 15) is 9.59 Å². The Hall–Kier alpha value is -4.18. The lowest BCUT2D eigenvalue weighted by Crippen LogP contribution is -2.40. The molecule has 6 bridgehead atoms. The molecule has 2 N–H and O–H groups in total. The van der Waals surface area contributed by atoms with Crippen molar-refractivity contribution in [3.8, 4) is 5.69 Å². The molecule has 11 heteroatoms. The number of halogens is 1. The van der Waals surface area contributed by atoms with Crippen molar-refractivity contribution >= 4 is 51.7 Å². The van der Waals surface area contributed by atoms with Crippen molar-refractivity contribution < 1.29 is 4.79 Å². The minimum absolute atomic E-state index is 0.158. The summed E-state index contributed by atoms with van der Waals surface area (Å²) in [5.74, 6) is 1.71. The minimum atomic E-state index is -0.289. The Bertz CT molecular complexity index is 1700. The highest BCUT2D eigenvalue weighted by atomic mass is 35.5. The van der Waals surface area contributed by atoms with Crippen LogP contribution in [0.3, 0.4) is 0 Å². The van der Waals surface area contributed by atoms with Gasteiger partial charge >= 0.3 is 0 Å². The van der Waals surface area contributed by atoms with Gasteiger partial charge in [0.15, 0.2) is 0 Å². The van der Waals surface area contributed by atoms with Crippen LogP contribution in [0, 0.1) is 6.92 Å². The van der Waals surface area contributed by atoms with Gasteiger partial charge in [-0.25, -0.2) is 4.98 Å². The molecule has 0 aliphatic carbocycles. The quantitative estimate of drug-likeness (QED) is 0.392. The normalized spacial score (nSPS) is 17.9. The third kappa shape index (κ3) is 3.21. The van der Waals surface area contributed by atoms with Crippen molar-refractivity contribution in [3.05, 3.63) is 68.7 Å². The van der Waals surface area contributed by atoms with Crippen molar-refractivity contribution in [2.75, 3.05) is 35.8 Å². The fourth-order valence-electron chi connectivity index (χ4n) is 5.49. The number of nitrogens with zero attached hydrogens (tertiary/aromatic N) is 6. The number of rotatable bonds is 1. The predicted octanol–water partition coefficient (Wildman–Crippen LogP) is 3.99. The number of anilines is 4. The second kappa shape index (κ2) is 7.91. The Morgan fingerprint density at radius 3 is 2.81 bits per heavy atom. The average molecular weight is 515 g/mol. The summed E-state index contributed by atoms with van der Waals surface area (Å²) in [6.45, 7) is 2.99. The third-order valence-electron chi connectivity index (χ3n) is 7.26. The monoisotopic (exact) mass is 514 g/mol. The first-order chi connectivity index (χ1) is 17.9. The third-order valence-corrected chi connectivity index (χ3v) is 7.66. The SMILES string of the molecule is Cc1cccc(-n2c3nc4ccc(c(Cl)c4c2=O)Nc2nc4c(c(n2)N2CCCC32)C(=O)N(C)CN4)c1. The highest BCUT2D eigenvalue weighted by molar-refractivity contribution is 6.38. The van der Waals surface area contributed by atoms with Crippen molar-refractivity contribution in [1.82, 2.24) is 24.4 Å². The van der Waals surface area contributed by atoms with E-state index in [1.807, 2.05) is 31.2 Å². The second-order valence-corrected chi connectivity index (χ2v) is 10.1. The number of carbonyl (C=O) groups excluding carboxylic acids is 1. The zero-order valence-electron chi connectivity index (χ0n) is 20.2. The molecule has 37 heavy (non-hydrogen) atoms. The largest absolute Gasteiger partial charge is 0.352 e. The Morgan fingerprint density at radius 2 is 1.97 bits per heavy atom. The van der Waals surface area contributed by atoms with Gasteiger partial charge in [-0.3, -0.25) is 14.2 Å². The van der Waals surface area contributed by atoms with E-state index in [0.29, 0.717) is 58.8 Å². The number of aromatic nitrogens is 4. The molecule has 4 aromatic rings. The molecule has 5 aliphatic heterocycles. The number of nitrogens with one attached hydrogen (secondary N) is 2. The van der Waals surface area contributed by atoms with Crippen molar-refractivity contribution in [1.29, 1.82) is 0 Å². The second-order valence-electron chi connectivity index (χ2n) is 9.68. The van der Waals surface area contributed by atoms with E-state index in [2.05, 4.69) is 20.5 Å². The molecule has 1 unspecified atom stereocenters. The molecule has 1 amide bonds. The van der Waals surface area contributed by atoms with Gasteiger partial charge in [-0.2, -0.15) is 9.97 Å². The van der Waals surface area contributed by atoms with Crippen LogP contribution in [0.25, 0.3) is 16.6 Å². The van der Waals surface area contributed by atoms with E-state index in [1.54, 1.807) is 28.6 Å². The number of hydrogen-bond acceptors (Lipinski definition) is 8. The summed E-state index contributed by atoms with van der Waals surface area (Å²) in [6, 6.07) is 11.1. The lowest BCUT2D eigenvalue weighted by Gasteiger charge is -2.33. The average Bonchev–Trinajstić information content (AvgIpc) is 3.36. The van der Waals surface area contributed by atoms with E-state index in [4.69, 9.17) is 21.6 Å². The summed E-state index contributed by atoms with van der Waals surface area (Å²) >= 11 is 6.84. The van der Waals surface area contributed by atoms with Gasteiger partial charge in [-0.1, -0.05) is 23.7 Å². The molecule has 9 rings (SSSR count). The first-order valence-corrected chi connectivity index (χ1v) is 12.6. The van der Waals surface area contributed by atoms with Gasteiger partial charge in [-0.05, 0) is 49.6 Å². The Balaban J connectivity index is 1.59. The Labute approximate surface area is 216 Å². The lowest BCUT2D eigenvalue weighted by molar-refractivity contribution is 0.0796. The Morgan fingerprint density at radius 1 is 1.11 bits per heavy atom. The molecule has 1 saturated heterocycles. The van der Waals surface area contributed by atoms with Crippen LogP contribution in [-0.4, -0.2) is 50.6 Å². The standard InChI is InChI=1S/C26H23ClN8O2/c1-13-5-3-6-14(11-13)35-22-17-7-4-10-34(17)23-19-21(28-12-33(2)24(19)36)31-26(32-23)30-16-9-8-15(29-22)18(20(16)27)25(35)37/h3,5-6,8-9,11,17H,4,7,10,12H2,1-2H3,(H2,28,30,31,32). The Kier molecular flexibility index (Phi) is 4.71. The predicted molar refractivity (Wildman–Crippen MR) is 142 cm³/mol. The first-order valence-electron chi connectivity index (χ1n) is 12.2. The molecule has 5 aliphatic rings. The number of fused-ring (bicyclic) bond motifs is 3. The van der Waals surface area contributed by atoms with E-state index < -0.39 is 0 Å². The topological polar surface area (TPSA) is 108 Å². The summed E-state index contributed by atoms with van der Waals surface area (Å²) in [5.41, 5.74) is 2.92. The molecule has 10 nitrogen and oxygen atoms in total. The highest BCUT2D eigenvalue weighted by Gasteiger charge is 2.38. The summed E-state index contributed by atoms with van der Waals surface area (Å²) in [4.78, 5) is 45.6. The van der Waals surface area contributed by atoms with Crippen LogP contribution in [0.2, 0.25) is 5.02 Å². The molecular formula is C26H23ClN8O2. The fourth-order valence-corrected chi connectivity index (χ4v) is 5.78. The summed E-state index contributed by atoms with van der Waals surface area (Å²) < 4.78 is 1.66. The van der Waals surface area contributed by atoms with Gasteiger partial charge in [0, 0.05) is 13.6 Å². The maximum Gasteiger partial charge on any atom is 0.267 e. The number of carbonyl (C=O) groups is 1. The molecule has 2 aromatic carbocycles. The smallest absolute Gasteiger partial charge is 0.267 e. The van der Waals surface area contributed by atoms with Crippen LogP contribution in [0.1, 0.15) is 40.6 Å². The molecule has 0 saturated carbocycles. The van der Waals surface area contributed by atoms with Gasteiger partial charge in [0.2, 0.25) is 5.95 Å². The lowest BCUT2D eigenvalue weighted by atomic mass is 10.1. The van der Waals surface area contributed by atoms with Crippen molar-refractivity contribution in [2.45, 2.75) is 25.8 Å². The molecule has 0 spiro atoms. The summed E-state index contributed by atoms with van der Waals surface area (Å²) in [7, 11) is 1.74. The van der Waals surface area contributed by atoms with Crippen LogP contribution < -0.4 is 21.1 Å². The van der Waals surface area contributed by atoms with Crippen LogP contribution in [0.5, 0.6) is 0 Å². The molecule has 1 fully saturated rings. The van der Waals surface area contributed by atoms with Gasteiger partial charge in [0.05, 0.1) is 40.0 Å². The molecule has 1 atom stereocenters. The molecular weight excluding hydrogens is 492 g/mol.